The van der Waals surface area contributed by atoms with Gasteiger partial charge >= 0.3 is 0 Å². The van der Waals surface area contributed by atoms with E-state index in [1.165, 1.54) is 0 Å². The lowest BCUT2D eigenvalue weighted by Crippen LogP contribution is -2.63. The quantitative estimate of drug-likeness (QED) is 0.765. The molecule has 1 saturated carbocycles. The van der Waals surface area contributed by atoms with Gasteiger partial charge in [-0.2, -0.15) is 0 Å². The van der Waals surface area contributed by atoms with E-state index in [2.05, 4.69) is 24.5 Å². The Morgan fingerprint density at radius 2 is 2.16 bits per heavy atom. The smallest absolute Gasteiger partial charge is 0.227 e. The summed E-state index contributed by atoms with van der Waals surface area (Å²) < 4.78 is 11.1. The fourth-order valence-corrected chi connectivity index (χ4v) is 2.99. The van der Waals surface area contributed by atoms with Gasteiger partial charge in [0.15, 0.2) is 0 Å². The summed E-state index contributed by atoms with van der Waals surface area (Å²) in [4.78, 5) is 12.3. The minimum atomic E-state index is -0.0769. The van der Waals surface area contributed by atoms with Gasteiger partial charge < -0.3 is 20.1 Å². The minimum absolute atomic E-state index is 0.0142. The van der Waals surface area contributed by atoms with Crippen molar-refractivity contribution >= 4 is 5.91 Å². The van der Waals surface area contributed by atoms with Crippen LogP contribution >= 0.6 is 0 Å². The SMILES string of the molecule is CCOC1CC(NC(=O)C2COCC2NC)C1(C)C. The van der Waals surface area contributed by atoms with Gasteiger partial charge in [-0.3, -0.25) is 4.79 Å². The van der Waals surface area contributed by atoms with Crippen LogP contribution in [0.25, 0.3) is 0 Å². The van der Waals surface area contributed by atoms with Crippen molar-refractivity contribution < 1.29 is 14.3 Å². The van der Waals surface area contributed by atoms with Crippen LogP contribution in [0.1, 0.15) is 27.2 Å². The van der Waals surface area contributed by atoms with Crippen LogP contribution in [0.2, 0.25) is 0 Å². The van der Waals surface area contributed by atoms with E-state index >= 15 is 0 Å². The molecule has 5 nitrogen and oxygen atoms in total. The number of likely N-dealkylation sites (N-methyl/N-ethyl adjacent to an activating group) is 1. The molecule has 1 heterocycles. The summed E-state index contributed by atoms with van der Waals surface area (Å²) >= 11 is 0. The zero-order chi connectivity index (χ0) is 14.0. The van der Waals surface area contributed by atoms with Crippen LogP contribution in [0.5, 0.6) is 0 Å². The molecule has 4 unspecified atom stereocenters. The third kappa shape index (κ3) is 2.78. The van der Waals surface area contributed by atoms with Crippen molar-refractivity contribution in [2.24, 2.45) is 11.3 Å². The van der Waals surface area contributed by atoms with E-state index in [-0.39, 0.29) is 35.4 Å². The molecule has 0 radical (unpaired) electrons. The van der Waals surface area contributed by atoms with Crippen molar-refractivity contribution in [2.45, 2.75) is 45.4 Å². The number of carbonyl (C=O) groups excluding carboxylic acids is 1. The summed E-state index contributed by atoms with van der Waals surface area (Å²) in [5, 5.41) is 6.31. The monoisotopic (exact) mass is 270 g/mol. The zero-order valence-corrected chi connectivity index (χ0v) is 12.4. The van der Waals surface area contributed by atoms with Crippen LogP contribution in [0.15, 0.2) is 0 Å². The standard InChI is InChI=1S/C14H26N2O3/c1-5-19-12-6-11(14(12,2)3)16-13(17)9-7-18-8-10(9)15-4/h9-12,15H,5-8H2,1-4H3,(H,16,17). The van der Waals surface area contributed by atoms with Crippen molar-refractivity contribution in [3.8, 4) is 0 Å². The van der Waals surface area contributed by atoms with Crippen molar-refractivity contribution in [2.75, 3.05) is 26.9 Å². The van der Waals surface area contributed by atoms with Crippen LogP contribution < -0.4 is 10.6 Å². The Balaban J connectivity index is 1.87. The lowest BCUT2D eigenvalue weighted by molar-refractivity contribution is -0.140. The van der Waals surface area contributed by atoms with Crippen LogP contribution in [0, 0.1) is 11.3 Å². The van der Waals surface area contributed by atoms with Crippen LogP contribution in [-0.2, 0) is 14.3 Å². The Bertz CT molecular complexity index is 333. The van der Waals surface area contributed by atoms with E-state index in [4.69, 9.17) is 9.47 Å². The highest BCUT2D eigenvalue weighted by Gasteiger charge is 2.50. The maximum absolute atomic E-state index is 12.3. The van der Waals surface area contributed by atoms with E-state index in [9.17, 15) is 4.79 Å². The largest absolute Gasteiger partial charge is 0.379 e. The number of rotatable bonds is 5. The van der Waals surface area contributed by atoms with Gasteiger partial charge in [-0.1, -0.05) is 13.8 Å². The molecule has 0 aromatic heterocycles. The minimum Gasteiger partial charge on any atom is -0.379 e. The van der Waals surface area contributed by atoms with E-state index in [0.29, 0.717) is 13.2 Å². The molecule has 2 rings (SSSR count). The Morgan fingerprint density at radius 3 is 2.74 bits per heavy atom. The fourth-order valence-electron chi connectivity index (χ4n) is 2.99. The van der Waals surface area contributed by atoms with Gasteiger partial charge in [0.1, 0.15) is 0 Å². The molecule has 0 aromatic rings. The topological polar surface area (TPSA) is 59.6 Å². The lowest BCUT2D eigenvalue weighted by atomic mass is 9.64. The van der Waals surface area contributed by atoms with Crippen molar-refractivity contribution in [3.05, 3.63) is 0 Å². The average molecular weight is 270 g/mol. The van der Waals surface area contributed by atoms with Gasteiger partial charge in [-0.05, 0) is 20.4 Å². The maximum Gasteiger partial charge on any atom is 0.227 e. The van der Waals surface area contributed by atoms with E-state index in [0.717, 1.165) is 13.0 Å². The second-order valence-electron chi connectivity index (χ2n) is 6.10. The molecular weight excluding hydrogens is 244 g/mol. The van der Waals surface area contributed by atoms with Gasteiger partial charge in [0.25, 0.3) is 0 Å². The van der Waals surface area contributed by atoms with Crippen LogP contribution in [-0.4, -0.2) is 51.0 Å². The Hall–Kier alpha value is -0.650. The maximum atomic E-state index is 12.3. The van der Waals surface area contributed by atoms with Gasteiger partial charge in [0, 0.05) is 24.1 Å². The predicted octanol–water partition coefficient (Wildman–Crippen LogP) is 0.541. The molecular formula is C14H26N2O3. The third-order valence-electron chi connectivity index (χ3n) is 4.65. The molecule has 1 aliphatic heterocycles. The summed E-state index contributed by atoms with van der Waals surface area (Å²) in [6.45, 7) is 8.18. The summed E-state index contributed by atoms with van der Waals surface area (Å²) in [6, 6.07) is 0.334. The van der Waals surface area contributed by atoms with Gasteiger partial charge in [-0.15, -0.1) is 0 Å². The second-order valence-corrected chi connectivity index (χ2v) is 6.10. The summed E-state index contributed by atoms with van der Waals surface area (Å²) in [5.74, 6) is 0.0248. The second kappa shape index (κ2) is 5.77. The molecule has 110 valence electrons. The van der Waals surface area contributed by atoms with E-state index in [1.54, 1.807) is 0 Å². The van der Waals surface area contributed by atoms with Crippen molar-refractivity contribution in [3.63, 3.8) is 0 Å². The molecule has 4 atom stereocenters. The number of amides is 1. The Morgan fingerprint density at radius 1 is 1.42 bits per heavy atom. The number of hydrogen-bond acceptors (Lipinski definition) is 4. The number of ether oxygens (including phenoxy) is 2. The zero-order valence-electron chi connectivity index (χ0n) is 12.4. The first-order valence-electron chi connectivity index (χ1n) is 7.17. The molecule has 0 bridgehead atoms. The highest BCUT2D eigenvalue weighted by atomic mass is 16.5. The first kappa shape index (κ1) is 14.8. The Labute approximate surface area is 115 Å². The van der Waals surface area contributed by atoms with Gasteiger partial charge in [-0.25, -0.2) is 0 Å². The normalized spacial score (nSPS) is 36.8. The lowest BCUT2D eigenvalue weighted by Gasteiger charge is -2.51. The Kier molecular flexibility index (Phi) is 4.48. The first-order valence-corrected chi connectivity index (χ1v) is 7.17. The molecule has 0 aromatic carbocycles. The van der Waals surface area contributed by atoms with Crippen molar-refractivity contribution in [1.82, 2.24) is 10.6 Å². The fraction of sp³-hybridized carbons (Fsp3) is 0.929. The first-order chi connectivity index (χ1) is 9.00. The average Bonchev–Trinajstić information content (AvgIpc) is 2.85. The number of hydrogen-bond donors (Lipinski definition) is 2. The predicted molar refractivity (Wildman–Crippen MR) is 72.9 cm³/mol. The van der Waals surface area contributed by atoms with Crippen molar-refractivity contribution in [1.29, 1.82) is 0 Å². The van der Waals surface area contributed by atoms with Crippen LogP contribution in [0.4, 0.5) is 0 Å². The highest BCUT2D eigenvalue weighted by molar-refractivity contribution is 5.80. The molecule has 2 fully saturated rings. The number of nitrogens with one attached hydrogen (secondary N) is 2. The van der Waals surface area contributed by atoms with E-state index in [1.807, 2.05) is 14.0 Å². The van der Waals surface area contributed by atoms with Crippen LogP contribution in [0.3, 0.4) is 0 Å². The third-order valence-corrected chi connectivity index (χ3v) is 4.65. The highest BCUT2D eigenvalue weighted by Crippen LogP contribution is 2.42. The van der Waals surface area contributed by atoms with Gasteiger partial charge in [0.2, 0.25) is 5.91 Å². The summed E-state index contributed by atoms with van der Waals surface area (Å²) in [7, 11) is 1.87. The molecule has 1 saturated heterocycles. The van der Waals surface area contributed by atoms with Gasteiger partial charge in [0.05, 0.1) is 25.2 Å². The van der Waals surface area contributed by atoms with E-state index < -0.39 is 0 Å². The summed E-state index contributed by atoms with van der Waals surface area (Å²) in [6.07, 6.45) is 1.16. The molecule has 2 N–H and O–H groups in total. The summed E-state index contributed by atoms with van der Waals surface area (Å²) in [5.41, 5.74) is 0.0142. The molecule has 1 amide bonds. The molecule has 1 aliphatic carbocycles. The molecule has 2 aliphatic rings. The molecule has 0 spiro atoms. The molecule has 5 heteroatoms. The number of carbonyl (C=O) groups is 1. The molecule has 19 heavy (non-hydrogen) atoms.